The van der Waals surface area contributed by atoms with Crippen molar-refractivity contribution in [1.29, 1.82) is 0 Å². The van der Waals surface area contributed by atoms with Gasteiger partial charge in [0.25, 0.3) is 0 Å². The number of hydrogen-bond acceptors (Lipinski definition) is 9. The molecule has 9 nitrogen and oxygen atoms in total. The number of methoxy groups -OCH3 is 2. The molecule has 0 bridgehead atoms. The smallest absolute Gasteiger partial charge is 0.176 e. The maximum atomic E-state index is 11.8. The van der Waals surface area contributed by atoms with Gasteiger partial charge in [-0.1, -0.05) is 43.4 Å². The minimum atomic E-state index is -0.726. The van der Waals surface area contributed by atoms with Crippen LogP contribution in [0.25, 0.3) is 0 Å². The lowest BCUT2D eigenvalue weighted by atomic mass is 9.79. The summed E-state index contributed by atoms with van der Waals surface area (Å²) < 4.78 is 44.7. The number of fused-ring (bicyclic) bond motifs is 3. The molecule has 4 heterocycles. The summed E-state index contributed by atoms with van der Waals surface area (Å²) in [7, 11) is 3.28. The Bertz CT molecular complexity index is 1150. The minimum absolute atomic E-state index is 0.0590. The van der Waals surface area contributed by atoms with Gasteiger partial charge in [0.05, 0.1) is 60.0 Å². The molecule has 4 aliphatic rings. The van der Waals surface area contributed by atoms with E-state index in [0.717, 1.165) is 50.5 Å². The van der Waals surface area contributed by atoms with Gasteiger partial charge in [-0.3, -0.25) is 0 Å². The van der Waals surface area contributed by atoms with Gasteiger partial charge in [-0.15, -0.1) is 0 Å². The van der Waals surface area contributed by atoms with Gasteiger partial charge in [-0.2, -0.15) is 0 Å². The zero-order valence-electron chi connectivity index (χ0n) is 32.2. The van der Waals surface area contributed by atoms with Crippen molar-refractivity contribution in [3.63, 3.8) is 0 Å². The molecule has 0 amide bonds. The predicted molar refractivity (Wildman–Crippen MR) is 196 cm³/mol. The molecular weight excluding hydrogens is 636 g/mol. The van der Waals surface area contributed by atoms with E-state index in [1.807, 2.05) is 19.1 Å². The van der Waals surface area contributed by atoms with Crippen LogP contribution in [0.1, 0.15) is 112 Å². The molecule has 6 unspecified atom stereocenters. The first-order chi connectivity index (χ1) is 23.8. The van der Waals surface area contributed by atoms with E-state index in [1.54, 1.807) is 20.3 Å². The average Bonchev–Trinajstić information content (AvgIpc) is 3.27. The van der Waals surface area contributed by atoms with Crippen LogP contribution in [0.5, 0.6) is 0 Å². The van der Waals surface area contributed by atoms with Crippen molar-refractivity contribution >= 4 is 0 Å². The van der Waals surface area contributed by atoms with E-state index in [0.29, 0.717) is 38.2 Å². The van der Waals surface area contributed by atoms with Crippen molar-refractivity contribution in [3.05, 3.63) is 48.1 Å². The third-order valence-corrected chi connectivity index (χ3v) is 11.6. The highest BCUT2D eigenvalue weighted by atomic mass is 16.7. The van der Waals surface area contributed by atoms with Gasteiger partial charge < -0.3 is 43.4 Å². The Morgan fingerprint density at radius 1 is 0.980 bits per heavy atom. The third-order valence-electron chi connectivity index (χ3n) is 11.6. The minimum Gasteiger partial charge on any atom is -0.393 e. The summed E-state index contributed by atoms with van der Waals surface area (Å²) in [6.45, 7) is 16.9. The first-order valence-corrected chi connectivity index (χ1v) is 19.1. The lowest BCUT2D eigenvalue weighted by molar-refractivity contribution is -0.273. The molecule has 4 rings (SSSR count). The van der Waals surface area contributed by atoms with Crippen LogP contribution < -0.4 is 0 Å². The number of allylic oxidation sites excluding steroid dienone is 6. The quantitative estimate of drug-likeness (QED) is 0.0986. The monoisotopic (exact) mass is 704 g/mol. The Morgan fingerprint density at radius 2 is 1.72 bits per heavy atom. The van der Waals surface area contributed by atoms with E-state index in [2.05, 4.69) is 53.3 Å². The lowest BCUT2D eigenvalue weighted by Crippen LogP contribution is -2.59. The number of ether oxygens (including phenoxy) is 7. The van der Waals surface area contributed by atoms with Crippen molar-refractivity contribution in [3.8, 4) is 0 Å². The molecule has 4 fully saturated rings. The highest BCUT2D eigenvalue weighted by Crippen LogP contribution is 2.48. The molecule has 0 aromatic carbocycles. The number of aliphatic hydroxyl groups excluding tert-OH is 2. The second-order valence-electron chi connectivity index (χ2n) is 15.7. The van der Waals surface area contributed by atoms with Crippen molar-refractivity contribution in [2.24, 2.45) is 5.92 Å². The molecule has 4 saturated heterocycles. The Balaban J connectivity index is 1.42. The molecule has 0 aromatic rings. The van der Waals surface area contributed by atoms with Crippen LogP contribution in [0.15, 0.2) is 48.1 Å². The summed E-state index contributed by atoms with van der Waals surface area (Å²) in [5.74, 6) is 0.303. The Hall–Kier alpha value is -1.40. The first kappa shape index (κ1) is 41.4. The molecule has 0 radical (unpaired) electrons. The standard InChI is InChI=1S/C41H68O9/c1-10-11-12-13-14-22-46-33-20-21-40(6)37(47-34(33)19-18-30(5)42)25-35-39(50-40)31(43)26-41(7)36(48-35)23-29(4)32(49-41)17-15-16-27(2)28(3)24-38(44-8)45-9/h10-12,16,24,29-39,42-43H,1,13-15,17-23,25-26H2,2-9H3/b12-11-,27-16+,28-24+/t29?,30-,31?,32+,33+,34?,35?,36?,37?,39+,40-,41-/m1/s1. The maximum Gasteiger partial charge on any atom is 0.176 e. The Kier molecular flexibility index (Phi) is 15.8. The van der Waals surface area contributed by atoms with Gasteiger partial charge in [-0.25, -0.2) is 0 Å². The van der Waals surface area contributed by atoms with Crippen LogP contribution in [0, 0.1) is 5.92 Å². The largest absolute Gasteiger partial charge is 0.393 e. The number of unbranched alkanes of at least 4 members (excludes halogenated alkanes) is 1. The van der Waals surface area contributed by atoms with Gasteiger partial charge in [0.15, 0.2) is 6.29 Å². The normalized spacial score (nSPS) is 39.0. The molecule has 0 saturated carbocycles. The van der Waals surface area contributed by atoms with Crippen LogP contribution in [-0.2, 0) is 33.2 Å². The summed E-state index contributed by atoms with van der Waals surface area (Å²) >= 11 is 0. The van der Waals surface area contributed by atoms with Gasteiger partial charge in [0.1, 0.15) is 6.10 Å². The predicted octanol–water partition coefficient (Wildman–Crippen LogP) is 7.14. The summed E-state index contributed by atoms with van der Waals surface area (Å²) in [6.07, 6.45) is 15.8. The van der Waals surface area contributed by atoms with E-state index in [-0.39, 0.29) is 42.9 Å². The summed E-state index contributed by atoms with van der Waals surface area (Å²) in [6, 6.07) is 0. The van der Waals surface area contributed by atoms with Gasteiger partial charge >= 0.3 is 0 Å². The molecule has 50 heavy (non-hydrogen) atoms. The van der Waals surface area contributed by atoms with E-state index in [9.17, 15) is 10.2 Å². The fourth-order valence-electron chi connectivity index (χ4n) is 8.26. The van der Waals surface area contributed by atoms with Crippen LogP contribution >= 0.6 is 0 Å². The highest BCUT2D eigenvalue weighted by Gasteiger charge is 2.57. The second-order valence-corrected chi connectivity index (χ2v) is 15.7. The zero-order chi connectivity index (χ0) is 36.5. The number of hydrogen-bond donors (Lipinski definition) is 2. The number of aliphatic hydroxyl groups is 2. The Morgan fingerprint density at radius 3 is 2.42 bits per heavy atom. The first-order valence-electron chi connectivity index (χ1n) is 19.1. The van der Waals surface area contributed by atoms with Crippen LogP contribution in [-0.4, -0.2) is 103 Å². The molecule has 0 aromatic heterocycles. The molecule has 9 heteroatoms. The fraction of sp³-hybridized carbons (Fsp3) is 0.805. The van der Waals surface area contributed by atoms with Gasteiger partial charge in [-0.05, 0) is 110 Å². The van der Waals surface area contributed by atoms with E-state index < -0.39 is 29.5 Å². The van der Waals surface area contributed by atoms with E-state index >= 15 is 0 Å². The topological polar surface area (TPSA) is 105 Å². The highest BCUT2D eigenvalue weighted by molar-refractivity contribution is 5.27. The molecule has 12 atom stereocenters. The van der Waals surface area contributed by atoms with Crippen molar-refractivity contribution in [2.75, 3.05) is 20.8 Å². The zero-order valence-corrected chi connectivity index (χ0v) is 32.2. The Labute approximate surface area is 302 Å². The fourth-order valence-corrected chi connectivity index (χ4v) is 8.26. The lowest BCUT2D eigenvalue weighted by Gasteiger charge is -2.49. The number of rotatable bonds is 16. The average molecular weight is 705 g/mol. The van der Waals surface area contributed by atoms with Crippen molar-refractivity contribution < 1.29 is 43.4 Å². The van der Waals surface area contributed by atoms with E-state index in [1.165, 1.54) is 5.57 Å². The van der Waals surface area contributed by atoms with Crippen LogP contribution in [0.2, 0.25) is 0 Å². The molecule has 0 spiro atoms. The molecule has 2 N–H and O–H groups in total. The SMILES string of the molecule is C=C/C=C\CCCO[C@H]1CC[C@@]2(C)O[C@H]3C(O)C[C@@]4(C)O[C@@H](CC/C=C(C)/C(C)=C/C(OC)OC)C(C)CC4OC3CC2OC1CC[C@@H](C)O. The summed E-state index contributed by atoms with van der Waals surface area (Å²) in [4.78, 5) is 0. The van der Waals surface area contributed by atoms with Crippen LogP contribution in [0.3, 0.4) is 0 Å². The van der Waals surface area contributed by atoms with Crippen LogP contribution in [0.4, 0.5) is 0 Å². The maximum absolute atomic E-state index is 11.8. The molecule has 286 valence electrons. The van der Waals surface area contributed by atoms with E-state index in [4.69, 9.17) is 33.2 Å². The second kappa shape index (κ2) is 19.1. The third kappa shape index (κ3) is 10.8. The van der Waals surface area contributed by atoms with Gasteiger partial charge in [0, 0.05) is 33.7 Å². The van der Waals surface area contributed by atoms with Gasteiger partial charge in [0.2, 0.25) is 0 Å². The molecule has 0 aliphatic carbocycles. The molecule has 4 aliphatic heterocycles. The summed E-state index contributed by atoms with van der Waals surface area (Å²) in [5.41, 5.74) is 1.11. The summed E-state index contributed by atoms with van der Waals surface area (Å²) in [5, 5.41) is 21.9. The van der Waals surface area contributed by atoms with Crippen molar-refractivity contribution in [1.82, 2.24) is 0 Å². The molecular formula is C41H68O9. The van der Waals surface area contributed by atoms with Crippen molar-refractivity contribution in [2.45, 2.75) is 185 Å².